The molecule has 0 radical (unpaired) electrons. The number of aryl methyl sites for hydroxylation is 2. The van der Waals surface area contributed by atoms with E-state index in [1.807, 2.05) is 12.3 Å². The molecule has 0 aliphatic carbocycles. The van der Waals surface area contributed by atoms with Gasteiger partial charge in [-0.05, 0) is 31.5 Å². The molecule has 110 valence electrons. The van der Waals surface area contributed by atoms with E-state index >= 15 is 0 Å². The van der Waals surface area contributed by atoms with Crippen molar-refractivity contribution in [3.05, 3.63) is 65.0 Å². The molecule has 2 heterocycles. The van der Waals surface area contributed by atoms with Crippen molar-refractivity contribution in [3.63, 3.8) is 0 Å². The van der Waals surface area contributed by atoms with Crippen LogP contribution in [0.5, 0.6) is 0 Å². The van der Waals surface area contributed by atoms with Crippen LogP contribution in [0.3, 0.4) is 0 Å². The first kappa shape index (κ1) is 14.2. The van der Waals surface area contributed by atoms with Crippen LogP contribution in [0.1, 0.15) is 28.4 Å². The highest BCUT2D eigenvalue weighted by molar-refractivity contribution is 5.35. The summed E-state index contributed by atoms with van der Waals surface area (Å²) in [5.41, 5.74) is 5.14. The highest BCUT2D eigenvalue weighted by Crippen LogP contribution is 2.28. The lowest BCUT2D eigenvalue weighted by Gasteiger charge is -2.35. The maximum absolute atomic E-state index is 4.63. The van der Waals surface area contributed by atoms with Gasteiger partial charge in [-0.3, -0.25) is 9.88 Å². The Hall–Kier alpha value is -1.71. The Labute approximate surface area is 127 Å². The average Bonchev–Trinajstić information content (AvgIpc) is 2.49. The third kappa shape index (κ3) is 3.31. The largest absolute Gasteiger partial charge is 0.314 e. The Kier molecular flexibility index (Phi) is 4.32. The van der Waals surface area contributed by atoms with Crippen LogP contribution in [-0.4, -0.2) is 36.1 Å². The van der Waals surface area contributed by atoms with Crippen molar-refractivity contribution in [2.75, 3.05) is 26.2 Å². The number of hydrogen-bond donors (Lipinski definition) is 1. The van der Waals surface area contributed by atoms with Gasteiger partial charge in [0.05, 0.1) is 11.7 Å². The zero-order valence-corrected chi connectivity index (χ0v) is 12.8. The minimum absolute atomic E-state index is 0.256. The van der Waals surface area contributed by atoms with Gasteiger partial charge in [0.15, 0.2) is 0 Å². The fourth-order valence-corrected chi connectivity index (χ4v) is 3.21. The molecule has 1 aromatic heterocycles. The van der Waals surface area contributed by atoms with E-state index in [4.69, 9.17) is 0 Å². The number of nitrogens with zero attached hydrogens (tertiary/aromatic N) is 2. The zero-order chi connectivity index (χ0) is 14.7. The molecule has 1 N–H and O–H groups in total. The summed E-state index contributed by atoms with van der Waals surface area (Å²) in [5.74, 6) is 0. The second kappa shape index (κ2) is 6.37. The molecule has 1 aliphatic rings. The van der Waals surface area contributed by atoms with E-state index in [9.17, 15) is 0 Å². The summed E-state index contributed by atoms with van der Waals surface area (Å²) < 4.78 is 0. The van der Waals surface area contributed by atoms with Crippen molar-refractivity contribution in [1.29, 1.82) is 0 Å². The van der Waals surface area contributed by atoms with Crippen molar-refractivity contribution in [1.82, 2.24) is 15.2 Å². The van der Waals surface area contributed by atoms with Crippen LogP contribution in [0.25, 0.3) is 0 Å². The van der Waals surface area contributed by atoms with Gasteiger partial charge >= 0.3 is 0 Å². The Balaban J connectivity index is 2.02. The van der Waals surface area contributed by atoms with Crippen LogP contribution in [0.4, 0.5) is 0 Å². The van der Waals surface area contributed by atoms with Gasteiger partial charge in [0.1, 0.15) is 0 Å². The number of rotatable bonds is 3. The second-order valence-corrected chi connectivity index (χ2v) is 5.86. The van der Waals surface area contributed by atoms with Crippen LogP contribution >= 0.6 is 0 Å². The quantitative estimate of drug-likeness (QED) is 0.937. The third-order valence-electron chi connectivity index (χ3n) is 4.04. The van der Waals surface area contributed by atoms with Crippen molar-refractivity contribution in [2.45, 2.75) is 19.9 Å². The van der Waals surface area contributed by atoms with Crippen LogP contribution < -0.4 is 5.32 Å². The minimum Gasteiger partial charge on any atom is -0.314 e. The first-order valence-corrected chi connectivity index (χ1v) is 7.68. The molecule has 1 aliphatic heterocycles. The molecular weight excluding hydrogens is 258 g/mol. The van der Waals surface area contributed by atoms with Crippen LogP contribution in [0, 0.1) is 13.8 Å². The van der Waals surface area contributed by atoms with Gasteiger partial charge in [-0.15, -0.1) is 0 Å². The summed E-state index contributed by atoms with van der Waals surface area (Å²) in [6, 6.07) is 13.3. The first-order chi connectivity index (χ1) is 10.2. The molecule has 2 aromatic rings. The van der Waals surface area contributed by atoms with Gasteiger partial charge in [-0.1, -0.05) is 35.4 Å². The monoisotopic (exact) mass is 281 g/mol. The van der Waals surface area contributed by atoms with E-state index in [0.29, 0.717) is 0 Å². The molecule has 0 saturated carbocycles. The van der Waals surface area contributed by atoms with Crippen molar-refractivity contribution >= 4 is 0 Å². The Bertz CT molecular complexity index is 568. The highest BCUT2D eigenvalue weighted by Gasteiger charge is 2.25. The Morgan fingerprint density at radius 3 is 2.38 bits per heavy atom. The van der Waals surface area contributed by atoms with Crippen LogP contribution in [0.15, 0.2) is 42.6 Å². The van der Waals surface area contributed by atoms with E-state index in [0.717, 1.165) is 31.9 Å². The molecule has 1 saturated heterocycles. The topological polar surface area (TPSA) is 28.2 Å². The van der Waals surface area contributed by atoms with Crippen molar-refractivity contribution in [3.8, 4) is 0 Å². The van der Waals surface area contributed by atoms with E-state index in [-0.39, 0.29) is 6.04 Å². The first-order valence-electron chi connectivity index (χ1n) is 7.68. The molecule has 3 rings (SSSR count). The Morgan fingerprint density at radius 2 is 1.76 bits per heavy atom. The normalized spacial score (nSPS) is 17.6. The highest BCUT2D eigenvalue weighted by atomic mass is 15.2. The SMILES string of the molecule is Cc1cc(C)cc(C(c2ccccn2)N2CCNCC2)c1. The smallest absolute Gasteiger partial charge is 0.0777 e. The van der Waals surface area contributed by atoms with Gasteiger partial charge in [0, 0.05) is 32.4 Å². The summed E-state index contributed by atoms with van der Waals surface area (Å²) in [5, 5.41) is 3.43. The van der Waals surface area contributed by atoms with Crippen molar-refractivity contribution in [2.24, 2.45) is 0 Å². The van der Waals surface area contributed by atoms with Gasteiger partial charge in [0.25, 0.3) is 0 Å². The zero-order valence-electron chi connectivity index (χ0n) is 12.8. The van der Waals surface area contributed by atoms with E-state index in [1.54, 1.807) is 0 Å². The number of hydrogen-bond acceptors (Lipinski definition) is 3. The van der Waals surface area contributed by atoms with Gasteiger partial charge in [0.2, 0.25) is 0 Å². The van der Waals surface area contributed by atoms with Gasteiger partial charge in [-0.2, -0.15) is 0 Å². The average molecular weight is 281 g/mol. The fraction of sp³-hybridized carbons (Fsp3) is 0.389. The van der Waals surface area contributed by atoms with Crippen molar-refractivity contribution < 1.29 is 0 Å². The molecule has 1 fully saturated rings. The molecule has 1 aromatic carbocycles. The Morgan fingerprint density at radius 1 is 1.05 bits per heavy atom. The lowest BCUT2D eigenvalue weighted by atomic mass is 9.97. The molecule has 1 unspecified atom stereocenters. The van der Waals surface area contributed by atoms with Crippen LogP contribution in [-0.2, 0) is 0 Å². The summed E-state index contributed by atoms with van der Waals surface area (Å²) in [4.78, 5) is 7.16. The second-order valence-electron chi connectivity index (χ2n) is 5.86. The summed E-state index contributed by atoms with van der Waals surface area (Å²) >= 11 is 0. The lowest BCUT2D eigenvalue weighted by Crippen LogP contribution is -2.45. The third-order valence-corrected chi connectivity index (χ3v) is 4.04. The lowest BCUT2D eigenvalue weighted by molar-refractivity contribution is 0.195. The number of pyridine rings is 1. The molecular formula is C18H23N3. The fourth-order valence-electron chi connectivity index (χ4n) is 3.21. The maximum Gasteiger partial charge on any atom is 0.0777 e. The number of piperazine rings is 1. The molecule has 3 heteroatoms. The predicted molar refractivity (Wildman–Crippen MR) is 86.4 cm³/mol. The predicted octanol–water partition coefficient (Wildman–Crippen LogP) is 2.69. The molecule has 0 amide bonds. The molecule has 1 atom stereocenters. The van der Waals surface area contributed by atoms with Gasteiger partial charge in [-0.25, -0.2) is 0 Å². The number of nitrogens with one attached hydrogen (secondary N) is 1. The van der Waals surface area contributed by atoms with E-state index in [1.165, 1.54) is 16.7 Å². The molecule has 0 spiro atoms. The van der Waals surface area contributed by atoms with Gasteiger partial charge < -0.3 is 5.32 Å². The number of benzene rings is 1. The van der Waals surface area contributed by atoms with E-state index in [2.05, 4.69) is 59.4 Å². The summed E-state index contributed by atoms with van der Waals surface area (Å²) in [6.07, 6.45) is 1.90. The van der Waals surface area contributed by atoms with Crippen LogP contribution in [0.2, 0.25) is 0 Å². The number of aromatic nitrogens is 1. The van der Waals surface area contributed by atoms with E-state index < -0.39 is 0 Å². The minimum atomic E-state index is 0.256. The molecule has 21 heavy (non-hydrogen) atoms. The molecule has 0 bridgehead atoms. The summed E-state index contributed by atoms with van der Waals surface area (Å²) in [6.45, 7) is 8.57. The standard InChI is InChI=1S/C18H23N3/c1-14-11-15(2)13-16(12-14)18(17-5-3-4-6-20-17)21-9-7-19-8-10-21/h3-6,11-13,18-19H,7-10H2,1-2H3. The molecule has 3 nitrogen and oxygen atoms in total. The maximum atomic E-state index is 4.63. The summed E-state index contributed by atoms with van der Waals surface area (Å²) in [7, 11) is 0.